The Kier molecular flexibility index (Phi) is 5.36. The van der Waals surface area contributed by atoms with Crippen LogP contribution in [0, 0.1) is 0 Å². The molecule has 1 nitrogen and oxygen atoms in total. The number of hydrogen-bond acceptors (Lipinski definition) is 1. The Morgan fingerprint density at radius 1 is 0.296 bits per heavy atom. The molecule has 0 amide bonds. The largest absolute Gasteiger partial charge is 0.456 e. The topological polar surface area (TPSA) is 13.1 Å². The molecule has 1 aromatic heterocycles. The van der Waals surface area contributed by atoms with E-state index in [1.165, 1.54) is 99.1 Å². The number of para-hydroxylation sites is 1. The van der Waals surface area contributed by atoms with Crippen LogP contribution in [-0.2, 0) is 5.41 Å². The normalized spacial score (nSPS) is 13.7. The molecule has 2 aliphatic rings. The average Bonchev–Trinajstić information content (AvgIpc) is 3.86. The number of hydrogen-bond donors (Lipinski definition) is 0. The van der Waals surface area contributed by atoms with Crippen LogP contribution >= 0.6 is 0 Å². The Morgan fingerprint density at radius 3 is 1.37 bits per heavy atom. The van der Waals surface area contributed by atoms with Crippen molar-refractivity contribution in [2.75, 3.05) is 0 Å². The average molecular weight is 683 g/mol. The summed E-state index contributed by atoms with van der Waals surface area (Å²) in [6, 6.07) is 67.9. The molecular formula is C53H30O. The number of furan rings is 1. The Hall–Kier alpha value is -6.96. The van der Waals surface area contributed by atoms with Crippen LogP contribution in [0.2, 0.25) is 0 Å². The van der Waals surface area contributed by atoms with Crippen molar-refractivity contribution in [2.24, 2.45) is 0 Å². The first-order valence-corrected chi connectivity index (χ1v) is 18.8. The summed E-state index contributed by atoms with van der Waals surface area (Å²) in [4.78, 5) is 0. The maximum absolute atomic E-state index is 6.33. The van der Waals surface area contributed by atoms with Gasteiger partial charge in [-0.15, -0.1) is 0 Å². The molecule has 0 atom stereocenters. The predicted octanol–water partition coefficient (Wildman–Crippen LogP) is 14.2. The third-order valence-electron chi connectivity index (χ3n) is 12.7. The molecule has 1 heteroatoms. The molecule has 54 heavy (non-hydrogen) atoms. The molecule has 0 N–H and O–H groups in total. The van der Waals surface area contributed by atoms with E-state index < -0.39 is 0 Å². The van der Waals surface area contributed by atoms with E-state index >= 15 is 0 Å². The fraction of sp³-hybridized carbons (Fsp3) is 0.0189. The highest BCUT2D eigenvalue weighted by Gasteiger charge is 2.51. The van der Waals surface area contributed by atoms with Gasteiger partial charge < -0.3 is 4.42 Å². The van der Waals surface area contributed by atoms with E-state index in [0.717, 1.165) is 21.9 Å². The Bertz CT molecular complexity index is 3330. The van der Waals surface area contributed by atoms with E-state index in [9.17, 15) is 0 Å². The zero-order valence-electron chi connectivity index (χ0n) is 29.2. The minimum Gasteiger partial charge on any atom is -0.456 e. The lowest BCUT2D eigenvalue weighted by Gasteiger charge is -2.30. The maximum Gasteiger partial charge on any atom is 0.136 e. The van der Waals surface area contributed by atoms with Crippen molar-refractivity contribution in [3.63, 3.8) is 0 Å². The molecular weight excluding hydrogens is 653 g/mol. The molecule has 11 aromatic rings. The van der Waals surface area contributed by atoms with E-state index in [-0.39, 0.29) is 5.41 Å². The van der Waals surface area contributed by atoms with Crippen molar-refractivity contribution in [1.29, 1.82) is 0 Å². The molecule has 1 heterocycles. The van der Waals surface area contributed by atoms with Gasteiger partial charge in [-0.3, -0.25) is 0 Å². The highest BCUT2D eigenvalue weighted by atomic mass is 16.3. The molecule has 0 saturated carbocycles. The van der Waals surface area contributed by atoms with Crippen LogP contribution < -0.4 is 0 Å². The minimum atomic E-state index is -0.366. The third kappa shape index (κ3) is 3.45. The lowest BCUT2D eigenvalue weighted by Crippen LogP contribution is -2.25. The fourth-order valence-corrected chi connectivity index (χ4v) is 10.5. The first-order chi connectivity index (χ1) is 26.8. The highest BCUT2D eigenvalue weighted by molar-refractivity contribution is 6.27. The number of fused-ring (bicyclic) bond motifs is 13. The second-order valence-corrected chi connectivity index (χ2v) is 15.1. The van der Waals surface area contributed by atoms with Gasteiger partial charge in [-0.2, -0.15) is 0 Å². The van der Waals surface area contributed by atoms with E-state index in [1.807, 2.05) is 12.1 Å². The van der Waals surface area contributed by atoms with Gasteiger partial charge in [0, 0.05) is 10.8 Å². The van der Waals surface area contributed by atoms with Crippen LogP contribution in [0.3, 0.4) is 0 Å². The molecule has 0 aliphatic heterocycles. The van der Waals surface area contributed by atoms with Gasteiger partial charge in [-0.1, -0.05) is 158 Å². The summed E-state index contributed by atoms with van der Waals surface area (Å²) in [6.45, 7) is 0. The SMILES string of the molecule is c1ccc2c(c1)-c1ccccc1C21c2ccccc2-c2ccc(-c3ccc4ccc5c(-c6ccc7c(c6)oc6ccccc67)ccc6ccc3c4c65)cc21. The first kappa shape index (κ1) is 28.6. The van der Waals surface area contributed by atoms with Gasteiger partial charge in [0.1, 0.15) is 11.2 Å². The summed E-state index contributed by atoms with van der Waals surface area (Å²) in [5.41, 5.74) is 17.2. The Morgan fingerprint density at radius 2 is 0.741 bits per heavy atom. The molecule has 1 spiro atoms. The van der Waals surface area contributed by atoms with Crippen molar-refractivity contribution in [3.8, 4) is 44.5 Å². The molecule has 0 unspecified atom stereocenters. The number of rotatable bonds is 2. The Labute approximate surface area is 311 Å². The summed E-state index contributed by atoms with van der Waals surface area (Å²) in [6.07, 6.45) is 0. The fourth-order valence-electron chi connectivity index (χ4n) is 10.5. The zero-order chi connectivity index (χ0) is 35.1. The molecule has 13 rings (SSSR count). The third-order valence-corrected chi connectivity index (χ3v) is 12.7. The molecule has 248 valence electrons. The second kappa shape index (κ2) is 10.1. The molecule has 0 saturated heterocycles. The van der Waals surface area contributed by atoms with E-state index in [1.54, 1.807) is 0 Å². The van der Waals surface area contributed by atoms with Gasteiger partial charge in [-0.05, 0) is 123 Å². The monoisotopic (exact) mass is 682 g/mol. The van der Waals surface area contributed by atoms with Crippen molar-refractivity contribution < 1.29 is 4.42 Å². The molecule has 10 aromatic carbocycles. The van der Waals surface area contributed by atoms with Crippen molar-refractivity contribution in [3.05, 3.63) is 204 Å². The van der Waals surface area contributed by atoms with Gasteiger partial charge in [0.15, 0.2) is 0 Å². The summed E-state index contributed by atoms with van der Waals surface area (Å²) >= 11 is 0. The lowest BCUT2D eigenvalue weighted by atomic mass is 9.70. The van der Waals surface area contributed by atoms with Crippen LogP contribution in [0.4, 0.5) is 0 Å². The van der Waals surface area contributed by atoms with E-state index in [4.69, 9.17) is 4.42 Å². The summed E-state index contributed by atoms with van der Waals surface area (Å²) < 4.78 is 6.33. The number of benzene rings is 10. The van der Waals surface area contributed by atoms with Crippen molar-refractivity contribution >= 4 is 54.3 Å². The zero-order valence-corrected chi connectivity index (χ0v) is 29.2. The van der Waals surface area contributed by atoms with Gasteiger partial charge >= 0.3 is 0 Å². The van der Waals surface area contributed by atoms with Crippen LogP contribution in [-0.4, -0.2) is 0 Å². The van der Waals surface area contributed by atoms with Gasteiger partial charge in [-0.25, -0.2) is 0 Å². The van der Waals surface area contributed by atoms with Gasteiger partial charge in [0.25, 0.3) is 0 Å². The van der Waals surface area contributed by atoms with E-state index in [2.05, 4.69) is 170 Å². The summed E-state index contributed by atoms with van der Waals surface area (Å²) in [5, 5.41) is 10.0. The molecule has 0 bridgehead atoms. The van der Waals surface area contributed by atoms with Crippen LogP contribution in [0.1, 0.15) is 22.3 Å². The molecule has 2 aliphatic carbocycles. The van der Waals surface area contributed by atoms with Crippen molar-refractivity contribution in [1.82, 2.24) is 0 Å². The minimum absolute atomic E-state index is 0.366. The molecule has 0 fully saturated rings. The first-order valence-electron chi connectivity index (χ1n) is 18.8. The lowest BCUT2D eigenvalue weighted by molar-refractivity contribution is 0.669. The Balaban J connectivity index is 1.04. The van der Waals surface area contributed by atoms with Crippen LogP contribution in [0.5, 0.6) is 0 Å². The standard InChI is InChI=1S/C53H30O/c1-5-13-45-37(9-1)38-10-2-6-14-46(38)53(45)47-15-7-3-11-39(47)40-25-21-33(29-48(40)53)35-23-17-31-20-28-44-36(24-18-32-19-27-43(35)51(31)52(32)44)34-22-26-42-41-12-4-8-16-49(41)54-50(42)30-34/h1-30H. The quantitative estimate of drug-likeness (QED) is 0.165. The second-order valence-electron chi connectivity index (χ2n) is 15.1. The highest BCUT2D eigenvalue weighted by Crippen LogP contribution is 2.63. The van der Waals surface area contributed by atoms with E-state index in [0.29, 0.717) is 0 Å². The van der Waals surface area contributed by atoms with Gasteiger partial charge in [0.2, 0.25) is 0 Å². The summed E-state index contributed by atoms with van der Waals surface area (Å²) in [7, 11) is 0. The maximum atomic E-state index is 6.33. The predicted molar refractivity (Wildman–Crippen MR) is 225 cm³/mol. The smallest absolute Gasteiger partial charge is 0.136 e. The van der Waals surface area contributed by atoms with Crippen molar-refractivity contribution in [2.45, 2.75) is 5.41 Å². The summed E-state index contributed by atoms with van der Waals surface area (Å²) in [5.74, 6) is 0. The van der Waals surface area contributed by atoms with Gasteiger partial charge in [0.05, 0.1) is 5.41 Å². The van der Waals surface area contributed by atoms with Crippen LogP contribution in [0.15, 0.2) is 186 Å². The molecule has 0 radical (unpaired) electrons. The van der Waals surface area contributed by atoms with Crippen LogP contribution in [0.25, 0.3) is 98.8 Å².